The molecule has 0 saturated carbocycles. The monoisotopic (exact) mass is 412 g/mol. The van der Waals surface area contributed by atoms with Crippen molar-refractivity contribution in [3.05, 3.63) is 95.0 Å². The van der Waals surface area contributed by atoms with Gasteiger partial charge in [-0.2, -0.15) is 0 Å². The van der Waals surface area contributed by atoms with Gasteiger partial charge in [-0.25, -0.2) is 4.98 Å². The predicted molar refractivity (Wildman–Crippen MR) is 121 cm³/mol. The van der Waals surface area contributed by atoms with Crippen LogP contribution in [-0.4, -0.2) is 10.9 Å². The molecule has 0 atom stereocenters. The summed E-state index contributed by atoms with van der Waals surface area (Å²) >= 11 is 6.14. The number of hydrogen-bond donors (Lipinski definition) is 1. The Bertz CT molecular complexity index is 1420. The number of benzene rings is 4. The Morgan fingerprint density at radius 1 is 0.967 bits per heavy atom. The molecule has 1 amide bonds. The molecular weight excluding hydrogens is 396 g/mol. The molecule has 5 rings (SSSR count). The van der Waals surface area contributed by atoms with E-state index in [1.54, 1.807) is 24.3 Å². The first-order valence-electron chi connectivity index (χ1n) is 9.55. The minimum absolute atomic E-state index is 0.228. The second kappa shape index (κ2) is 7.32. The van der Waals surface area contributed by atoms with Crippen molar-refractivity contribution >= 4 is 45.1 Å². The normalized spacial score (nSPS) is 11.1. The van der Waals surface area contributed by atoms with Gasteiger partial charge in [0, 0.05) is 21.8 Å². The van der Waals surface area contributed by atoms with Crippen molar-refractivity contribution in [2.45, 2.75) is 6.92 Å². The fourth-order valence-electron chi connectivity index (χ4n) is 3.47. The molecule has 5 aromatic rings. The number of carbonyl (C=O) groups excluding carboxylic acids is 1. The first-order chi connectivity index (χ1) is 14.6. The van der Waals surface area contributed by atoms with Gasteiger partial charge < -0.3 is 9.73 Å². The predicted octanol–water partition coefficient (Wildman–Crippen LogP) is 6.86. The molecule has 1 heterocycles. The molecule has 0 saturated heterocycles. The smallest absolute Gasteiger partial charge is 0.255 e. The third-order valence-corrected chi connectivity index (χ3v) is 5.51. The summed E-state index contributed by atoms with van der Waals surface area (Å²) < 4.78 is 5.99. The number of oxazole rings is 1. The van der Waals surface area contributed by atoms with Gasteiger partial charge in [0.15, 0.2) is 5.58 Å². The Morgan fingerprint density at radius 3 is 2.67 bits per heavy atom. The molecule has 1 aromatic heterocycles. The molecule has 0 bridgehead atoms. The number of aryl methyl sites for hydroxylation is 1. The molecule has 4 nitrogen and oxygen atoms in total. The number of amides is 1. The largest absolute Gasteiger partial charge is 0.436 e. The maximum atomic E-state index is 12.6. The van der Waals surface area contributed by atoms with Crippen LogP contribution in [0.15, 0.2) is 83.3 Å². The van der Waals surface area contributed by atoms with Gasteiger partial charge in [0.1, 0.15) is 5.52 Å². The van der Waals surface area contributed by atoms with Crippen LogP contribution in [0.25, 0.3) is 33.3 Å². The molecule has 0 fully saturated rings. The van der Waals surface area contributed by atoms with Crippen LogP contribution in [0.3, 0.4) is 0 Å². The summed E-state index contributed by atoms with van der Waals surface area (Å²) in [5.41, 5.74) is 4.35. The lowest BCUT2D eigenvalue weighted by Gasteiger charge is -2.06. The summed E-state index contributed by atoms with van der Waals surface area (Å²) in [5.74, 6) is 0.324. The van der Waals surface area contributed by atoms with Crippen LogP contribution < -0.4 is 5.32 Å². The fourth-order valence-corrected chi connectivity index (χ4v) is 3.65. The molecule has 4 aromatic carbocycles. The lowest BCUT2D eigenvalue weighted by molar-refractivity contribution is 0.102. The van der Waals surface area contributed by atoms with Crippen LogP contribution in [0.2, 0.25) is 5.02 Å². The van der Waals surface area contributed by atoms with Crippen molar-refractivity contribution in [1.82, 2.24) is 4.98 Å². The third kappa shape index (κ3) is 3.31. The molecule has 0 spiro atoms. The summed E-state index contributed by atoms with van der Waals surface area (Å²) in [5, 5.41) is 5.67. The van der Waals surface area contributed by atoms with Crippen molar-refractivity contribution in [2.24, 2.45) is 0 Å². The van der Waals surface area contributed by atoms with Gasteiger partial charge in [-0.3, -0.25) is 4.79 Å². The van der Waals surface area contributed by atoms with Crippen molar-refractivity contribution in [3.63, 3.8) is 0 Å². The van der Waals surface area contributed by atoms with E-state index in [-0.39, 0.29) is 5.91 Å². The molecule has 146 valence electrons. The molecule has 1 N–H and O–H groups in total. The van der Waals surface area contributed by atoms with E-state index in [4.69, 9.17) is 16.0 Å². The maximum absolute atomic E-state index is 12.6. The van der Waals surface area contributed by atoms with Crippen molar-refractivity contribution in [2.75, 3.05) is 5.32 Å². The maximum Gasteiger partial charge on any atom is 0.255 e. The van der Waals surface area contributed by atoms with Gasteiger partial charge >= 0.3 is 0 Å². The second-order valence-electron chi connectivity index (χ2n) is 7.15. The number of halogens is 1. The molecule has 0 radical (unpaired) electrons. The summed E-state index contributed by atoms with van der Waals surface area (Å²) in [7, 11) is 0. The van der Waals surface area contributed by atoms with E-state index in [0.29, 0.717) is 33.3 Å². The zero-order chi connectivity index (χ0) is 20.7. The number of rotatable bonds is 3. The molecule has 30 heavy (non-hydrogen) atoms. The highest BCUT2D eigenvalue weighted by Gasteiger charge is 2.13. The van der Waals surface area contributed by atoms with Gasteiger partial charge in [-0.15, -0.1) is 0 Å². The van der Waals surface area contributed by atoms with Crippen LogP contribution in [0, 0.1) is 6.92 Å². The van der Waals surface area contributed by atoms with E-state index in [9.17, 15) is 4.79 Å². The van der Waals surface area contributed by atoms with E-state index in [1.807, 2.05) is 43.3 Å². The molecule has 0 unspecified atom stereocenters. The van der Waals surface area contributed by atoms with Gasteiger partial charge in [0.05, 0.1) is 0 Å². The van der Waals surface area contributed by atoms with E-state index in [1.165, 1.54) is 0 Å². The van der Waals surface area contributed by atoms with E-state index in [2.05, 4.69) is 28.5 Å². The Labute approximate surface area is 178 Å². The van der Waals surface area contributed by atoms with Crippen LogP contribution >= 0.6 is 11.6 Å². The number of nitrogens with one attached hydrogen (secondary N) is 1. The van der Waals surface area contributed by atoms with Crippen LogP contribution in [0.4, 0.5) is 5.69 Å². The Kier molecular flexibility index (Phi) is 4.49. The minimum Gasteiger partial charge on any atom is -0.436 e. The molecule has 0 aliphatic rings. The highest BCUT2D eigenvalue weighted by Crippen LogP contribution is 2.31. The molecule has 5 heteroatoms. The number of fused-ring (bicyclic) bond motifs is 2. The quantitative estimate of drug-likeness (QED) is 0.352. The molecule has 0 aliphatic heterocycles. The summed E-state index contributed by atoms with van der Waals surface area (Å²) in [6.07, 6.45) is 0. The number of carbonyl (C=O) groups is 1. The van der Waals surface area contributed by atoms with Crippen LogP contribution in [0.1, 0.15) is 15.9 Å². The first-order valence-corrected chi connectivity index (χ1v) is 9.92. The van der Waals surface area contributed by atoms with Crippen LogP contribution in [-0.2, 0) is 0 Å². The standard InChI is InChI=1S/C25H17ClN2O2/c1-15-9-10-17(13-21(15)26)24(29)27-18-11-12-23-22(14-18)28-25(30-23)20-8-4-6-16-5-2-3-7-19(16)20/h2-14H,1H3,(H,27,29). The Hall–Kier alpha value is -3.63. The van der Waals surface area contributed by atoms with Gasteiger partial charge in [0.2, 0.25) is 5.89 Å². The van der Waals surface area contributed by atoms with Crippen LogP contribution in [0.5, 0.6) is 0 Å². The van der Waals surface area contributed by atoms with E-state index in [0.717, 1.165) is 21.9 Å². The van der Waals surface area contributed by atoms with Gasteiger partial charge in [0.25, 0.3) is 5.91 Å². The first kappa shape index (κ1) is 18.4. The lowest BCUT2D eigenvalue weighted by Crippen LogP contribution is -2.11. The number of hydrogen-bond acceptors (Lipinski definition) is 3. The number of anilines is 1. The van der Waals surface area contributed by atoms with E-state index < -0.39 is 0 Å². The summed E-state index contributed by atoms with van der Waals surface area (Å²) in [6.45, 7) is 1.90. The SMILES string of the molecule is Cc1ccc(C(=O)Nc2ccc3oc(-c4cccc5ccccc45)nc3c2)cc1Cl. The lowest BCUT2D eigenvalue weighted by atomic mass is 10.0. The van der Waals surface area contributed by atoms with Crippen molar-refractivity contribution in [3.8, 4) is 11.5 Å². The minimum atomic E-state index is -0.228. The Morgan fingerprint density at radius 2 is 1.80 bits per heavy atom. The number of aromatic nitrogens is 1. The number of nitrogens with zero attached hydrogens (tertiary/aromatic N) is 1. The van der Waals surface area contributed by atoms with Crippen molar-refractivity contribution in [1.29, 1.82) is 0 Å². The highest BCUT2D eigenvalue weighted by atomic mass is 35.5. The van der Waals surface area contributed by atoms with Crippen molar-refractivity contribution < 1.29 is 9.21 Å². The summed E-state index contributed by atoms with van der Waals surface area (Å²) in [6, 6.07) is 24.8. The van der Waals surface area contributed by atoms with E-state index >= 15 is 0 Å². The topological polar surface area (TPSA) is 55.1 Å². The zero-order valence-electron chi connectivity index (χ0n) is 16.1. The highest BCUT2D eigenvalue weighted by molar-refractivity contribution is 6.31. The van der Waals surface area contributed by atoms with Gasteiger partial charge in [-0.1, -0.05) is 54.1 Å². The average molecular weight is 413 g/mol. The average Bonchev–Trinajstić information content (AvgIpc) is 3.18. The zero-order valence-corrected chi connectivity index (χ0v) is 16.9. The molecular formula is C25H17ClN2O2. The second-order valence-corrected chi connectivity index (χ2v) is 7.55. The fraction of sp³-hybridized carbons (Fsp3) is 0.0400. The third-order valence-electron chi connectivity index (χ3n) is 5.10. The molecule has 0 aliphatic carbocycles. The Balaban J connectivity index is 1.48. The van der Waals surface area contributed by atoms with Gasteiger partial charge in [-0.05, 0) is 59.7 Å². The summed E-state index contributed by atoms with van der Waals surface area (Å²) in [4.78, 5) is 17.2.